The highest BCUT2D eigenvalue weighted by molar-refractivity contribution is 14.1. The third-order valence-electron chi connectivity index (χ3n) is 2.87. The number of nitrogens with one attached hydrogen (secondary N) is 1. The van der Waals surface area contributed by atoms with Gasteiger partial charge >= 0.3 is 0 Å². The number of halogens is 1. The minimum atomic E-state index is -0.367. The van der Waals surface area contributed by atoms with Crippen LogP contribution in [0.25, 0.3) is 0 Å². The Balaban J connectivity index is 2.00. The first-order valence-electron chi connectivity index (χ1n) is 6.08. The molecular formula is C14H14IN3O2. The minimum Gasteiger partial charge on any atom is -0.399 e. The Morgan fingerprint density at radius 2 is 1.90 bits per heavy atom. The number of nitrogens with zero attached hydrogens (tertiary/aromatic N) is 1. The van der Waals surface area contributed by atoms with E-state index in [1.54, 1.807) is 12.1 Å². The molecule has 3 N–H and O–H groups in total. The van der Waals surface area contributed by atoms with E-state index in [0.717, 1.165) is 21.2 Å². The molecule has 6 heteroatoms. The van der Waals surface area contributed by atoms with Crippen molar-refractivity contribution >= 4 is 39.7 Å². The molecule has 0 unspecified atom stereocenters. The number of nitrogens with two attached hydrogens (primary N) is 1. The fraction of sp³-hybridized carbons (Fsp3) is 0.143. The van der Waals surface area contributed by atoms with Crippen molar-refractivity contribution in [3.63, 3.8) is 0 Å². The van der Waals surface area contributed by atoms with Crippen LogP contribution in [0.1, 0.15) is 5.56 Å². The number of anilines is 2. The zero-order valence-electron chi connectivity index (χ0n) is 10.7. The number of nitro groups is 1. The average Bonchev–Trinajstić information content (AvgIpc) is 2.42. The van der Waals surface area contributed by atoms with Crippen molar-refractivity contribution in [1.82, 2.24) is 0 Å². The summed E-state index contributed by atoms with van der Waals surface area (Å²) in [5.41, 5.74) is 8.15. The molecule has 104 valence electrons. The van der Waals surface area contributed by atoms with E-state index in [2.05, 4.69) is 27.9 Å². The van der Waals surface area contributed by atoms with E-state index in [1.807, 2.05) is 30.3 Å². The molecule has 0 saturated carbocycles. The third kappa shape index (κ3) is 3.83. The molecule has 2 aromatic carbocycles. The summed E-state index contributed by atoms with van der Waals surface area (Å²) in [6.07, 6.45) is 0.781. The first kappa shape index (κ1) is 14.6. The van der Waals surface area contributed by atoms with Gasteiger partial charge < -0.3 is 11.1 Å². The van der Waals surface area contributed by atoms with Crippen molar-refractivity contribution in [2.45, 2.75) is 6.42 Å². The van der Waals surface area contributed by atoms with E-state index in [-0.39, 0.29) is 10.6 Å². The van der Waals surface area contributed by atoms with Crippen LogP contribution in [-0.2, 0) is 6.42 Å². The first-order chi connectivity index (χ1) is 9.56. The van der Waals surface area contributed by atoms with E-state index in [1.165, 1.54) is 0 Å². The lowest BCUT2D eigenvalue weighted by atomic mass is 10.1. The van der Waals surface area contributed by atoms with Crippen LogP contribution in [0.4, 0.5) is 17.1 Å². The lowest BCUT2D eigenvalue weighted by Crippen LogP contribution is -2.07. The number of hydrogen-bond donors (Lipinski definition) is 2. The molecule has 0 aromatic heterocycles. The number of nitro benzene ring substituents is 1. The topological polar surface area (TPSA) is 81.2 Å². The van der Waals surface area contributed by atoms with Gasteiger partial charge in [-0.25, -0.2) is 0 Å². The van der Waals surface area contributed by atoms with Gasteiger partial charge in [0, 0.05) is 21.9 Å². The molecule has 0 radical (unpaired) electrons. The zero-order chi connectivity index (χ0) is 14.5. The maximum atomic E-state index is 11.0. The van der Waals surface area contributed by atoms with Crippen molar-refractivity contribution in [3.05, 3.63) is 61.7 Å². The van der Waals surface area contributed by atoms with Gasteiger partial charge in [0.2, 0.25) is 0 Å². The molecule has 2 aromatic rings. The van der Waals surface area contributed by atoms with E-state index in [9.17, 15) is 10.1 Å². The smallest absolute Gasteiger partial charge is 0.293 e. The van der Waals surface area contributed by atoms with Crippen LogP contribution in [-0.4, -0.2) is 11.5 Å². The summed E-state index contributed by atoms with van der Waals surface area (Å²) in [5.74, 6) is 0. The summed E-state index contributed by atoms with van der Waals surface area (Å²) >= 11 is 2.06. The van der Waals surface area contributed by atoms with Crippen LogP contribution >= 0.6 is 22.6 Å². The molecule has 0 bridgehead atoms. The minimum absolute atomic E-state index is 0.106. The second-order valence-electron chi connectivity index (χ2n) is 4.34. The van der Waals surface area contributed by atoms with Crippen molar-refractivity contribution in [1.29, 1.82) is 0 Å². The molecule has 20 heavy (non-hydrogen) atoms. The van der Waals surface area contributed by atoms with E-state index < -0.39 is 0 Å². The molecule has 0 aliphatic carbocycles. The summed E-state index contributed by atoms with van der Waals surface area (Å²) in [6, 6.07) is 12.8. The Labute approximate surface area is 130 Å². The molecule has 0 saturated heterocycles. The largest absolute Gasteiger partial charge is 0.399 e. The highest BCUT2D eigenvalue weighted by Gasteiger charge is 2.13. The third-order valence-corrected chi connectivity index (χ3v) is 3.54. The van der Waals surface area contributed by atoms with Crippen LogP contribution in [0.15, 0.2) is 42.5 Å². The van der Waals surface area contributed by atoms with Crippen molar-refractivity contribution in [3.8, 4) is 0 Å². The van der Waals surface area contributed by atoms with Crippen molar-refractivity contribution < 1.29 is 4.92 Å². The first-order valence-corrected chi connectivity index (χ1v) is 7.16. The number of hydrogen-bond acceptors (Lipinski definition) is 4. The highest BCUT2D eigenvalue weighted by atomic mass is 127. The predicted molar refractivity (Wildman–Crippen MR) is 88.9 cm³/mol. The van der Waals surface area contributed by atoms with Gasteiger partial charge in [-0.05, 0) is 58.8 Å². The SMILES string of the molecule is Nc1ccc(CCNc2ccc(I)cc2[N+](=O)[O-])cc1. The Hall–Kier alpha value is -1.83. The quantitative estimate of drug-likeness (QED) is 0.359. The van der Waals surface area contributed by atoms with Gasteiger partial charge in [-0.2, -0.15) is 0 Å². The highest BCUT2D eigenvalue weighted by Crippen LogP contribution is 2.26. The van der Waals surface area contributed by atoms with Gasteiger partial charge in [0.1, 0.15) is 5.69 Å². The van der Waals surface area contributed by atoms with E-state index >= 15 is 0 Å². The van der Waals surface area contributed by atoms with Gasteiger partial charge in [0.25, 0.3) is 5.69 Å². The van der Waals surface area contributed by atoms with Crippen LogP contribution in [0.5, 0.6) is 0 Å². The molecule has 0 fully saturated rings. The standard InChI is InChI=1S/C14H14IN3O2/c15-11-3-6-13(14(9-11)18(19)20)17-8-7-10-1-4-12(16)5-2-10/h1-6,9,17H,7-8,16H2. The second-order valence-corrected chi connectivity index (χ2v) is 5.58. The Morgan fingerprint density at radius 1 is 1.20 bits per heavy atom. The average molecular weight is 383 g/mol. The predicted octanol–water partition coefficient (Wildman–Crippen LogP) is 3.44. The summed E-state index contributed by atoms with van der Waals surface area (Å²) < 4.78 is 0.846. The molecule has 0 aliphatic heterocycles. The Bertz CT molecular complexity index is 614. The fourth-order valence-electron chi connectivity index (χ4n) is 1.83. The summed E-state index contributed by atoms with van der Waals surface area (Å²) in [5, 5.41) is 14.1. The zero-order valence-corrected chi connectivity index (χ0v) is 12.8. The molecular weight excluding hydrogens is 369 g/mol. The van der Waals surface area contributed by atoms with Gasteiger partial charge in [-0.3, -0.25) is 10.1 Å². The van der Waals surface area contributed by atoms with Gasteiger partial charge in [0.15, 0.2) is 0 Å². The monoisotopic (exact) mass is 383 g/mol. The number of rotatable bonds is 5. The summed E-state index contributed by atoms with van der Waals surface area (Å²) in [6.45, 7) is 0.630. The fourth-order valence-corrected chi connectivity index (χ4v) is 2.31. The van der Waals surface area contributed by atoms with Crippen molar-refractivity contribution in [2.24, 2.45) is 0 Å². The number of nitrogen functional groups attached to an aromatic ring is 1. The maximum absolute atomic E-state index is 11.0. The second kappa shape index (κ2) is 6.56. The normalized spacial score (nSPS) is 10.2. The molecule has 2 rings (SSSR count). The van der Waals surface area contributed by atoms with Crippen LogP contribution in [0.2, 0.25) is 0 Å². The summed E-state index contributed by atoms with van der Waals surface area (Å²) in [4.78, 5) is 10.6. The molecule has 0 heterocycles. The lowest BCUT2D eigenvalue weighted by Gasteiger charge is -2.07. The molecule has 0 spiro atoms. The molecule has 0 amide bonds. The van der Waals surface area contributed by atoms with Gasteiger partial charge in [0.05, 0.1) is 4.92 Å². The van der Waals surface area contributed by atoms with Crippen LogP contribution in [0.3, 0.4) is 0 Å². The Kier molecular flexibility index (Phi) is 4.78. The summed E-state index contributed by atoms with van der Waals surface area (Å²) in [7, 11) is 0. The van der Waals surface area contributed by atoms with Crippen molar-refractivity contribution in [2.75, 3.05) is 17.6 Å². The van der Waals surface area contributed by atoms with Crippen LogP contribution < -0.4 is 11.1 Å². The maximum Gasteiger partial charge on any atom is 0.293 e. The molecule has 0 aliphatic rings. The van der Waals surface area contributed by atoms with E-state index in [4.69, 9.17) is 5.73 Å². The molecule has 0 atom stereocenters. The van der Waals surface area contributed by atoms with Gasteiger partial charge in [-0.15, -0.1) is 0 Å². The number of benzene rings is 2. The van der Waals surface area contributed by atoms with E-state index in [0.29, 0.717) is 12.2 Å². The van der Waals surface area contributed by atoms with Crippen LogP contribution in [0, 0.1) is 13.7 Å². The lowest BCUT2D eigenvalue weighted by molar-refractivity contribution is -0.384. The Morgan fingerprint density at radius 3 is 2.55 bits per heavy atom. The molecule has 5 nitrogen and oxygen atoms in total. The van der Waals surface area contributed by atoms with Gasteiger partial charge in [-0.1, -0.05) is 12.1 Å².